The Balaban J connectivity index is 1.36. The molecule has 0 spiro atoms. The zero-order chi connectivity index (χ0) is 20.1. The molecule has 1 aliphatic rings. The molecule has 3 aromatic rings. The summed E-state index contributed by atoms with van der Waals surface area (Å²) in [5.41, 5.74) is 2.41. The number of aromatic nitrogens is 2. The van der Waals surface area contributed by atoms with Crippen molar-refractivity contribution < 1.29 is 9.21 Å². The molecule has 0 aliphatic carbocycles. The fraction of sp³-hybridized carbons (Fsp3) is 0.286. The van der Waals surface area contributed by atoms with Crippen LogP contribution < -0.4 is 15.5 Å². The normalized spacial score (nSPS) is 14.6. The molecule has 1 aromatic carbocycles. The number of furan rings is 1. The molecule has 2 aromatic heterocycles. The van der Waals surface area contributed by atoms with Gasteiger partial charge < -0.3 is 24.9 Å². The van der Waals surface area contributed by atoms with E-state index in [-0.39, 0.29) is 5.91 Å². The van der Waals surface area contributed by atoms with Gasteiger partial charge in [0.25, 0.3) is 5.91 Å². The van der Waals surface area contributed by atoms with Crippen molar-refractivity contribution in [3.8, 4) is 0 Å². The fourth-order valence-electron chi connectivity index (χ4n) is 3.19. The number of piperazine rings is 1. The van der Waals surface area contributed by atoms with Crippen molar-refractivity contribution >= 4 is 23.1 Å². The Kier molecular flexibility index (Phi) is 5.71. The maximum absolute atomic E-state index is 12.3. The fourth-order valence-corrected chi connectivity index (χ4v) is 3.19. The molecule has 29 heavy (non-hydrogen) atoms. The van der Waals surface area contributed by atoms with Gasteiger partial charge in [-0.1, -0.05) is 0 Å². The molecule has 3 heterocycles. The van der Waals surface area contributed by atoms with Gasteiger partial charge in [-0.2, -0.15) is 0 Å². The molecule has 0 unspecified atom stereocenters. The van der Waals surface area contributed by atoms with Gasteiger partial charge in [0.15, 0.2) is 0 Å². The minimum absolute atomic E-state index is 0.280. The van der Waals surface area contributed by atoms with E-state index >= 15 is 0 Å². The van der Waals surface area contributed by atoms with E-state index in [0.717, 1.165) is 31.9 Å². The summed E-state index contributed by atoms with van der Waals surface area (Å²) in [7, 11) is 2.15. The third-order valence-electron chi connectivity index (χ3n) is 4.91. The Labute approximate surface area is 169 Å². The summed E-state index contributed by atoms with van der Waals surface area (Å²) in [5.74, 6) is 0.971. The Hall–Kier alpha value is -3.39. The average molecular weight is 392 g/mol. The van der Waals surface area contributed by atoms with Crippen molar-refractivity contribution in [2.75, 3.05) is 43.4 Å². The van der Waals surface area contributed by atoms with Gasteiger partial charge in [0, 0.05) is 43.6 Å². The summed E-state index contributed by atoms with van der Waals surface area (Å²) in [4.78, 5) is 25.3. The van der Waals surface area contributed by atoms with E-state index in [0.29, 0.717) is 23.8 Å². The molecule has 4 rings (SSSR count). The number of hydrogen-bond acceptors (Lipinski definition) is 7. The summed E-state index contributed by atoms with van der Waals surface area (Å²) in [6.07, 6.45) is 2.95. The zero-order valence-electron chi connectivity index (χ0n) is 16.3. The van der Waals surface area contributed by atoms with Crippen LogP contribution in [0.4, 0.5) is 17.2 Å². The van der Waals surface area contributed by atoms with E-state index in [4.69, 9.17) is 4.42 Å². The lowest BCUT2D eigenvalue weighted by Crippen LogP contribution is -2.44. The Morgan fingerprint density at radius 2 is 1.90 bits per heavy atom. The Morgan fingerprint density at radius 3 is 2.62 bits per heavy atom. The number of carbonyl (C=O) groups excluding carboxylic acids is 1. The number of benzene rings is 1. The number of carbonyl (C=O) groups is 1. The van der Waals surface area contributed by atoms with E-state index in [1.807, 2.05) is 12.1 Å². The SMILES string of the molecule is CN1CCN(c2ccc(Nc3cc(C(=O)NCc4ccco4)ncn3)cc2)CC1. The number of anilines is 3. The first-order chi connectivity index (χ1) is 14.2. The smallest absolute Gasteiger partial charge is 0.270 e. The number of amides is 1. The monoisotopic (exact) mass is 392 g/mol. The number of nitrogens with one attached hydrogen (secondary N) is 2. The van der Waals surface area contributed by atoms with Gasteiger partial charge in [0.05, 0.1) is 12.8 Å². The predicted octanol–water partition coefficient (Wildman–Crippen LogP) is 2.50. The minimum atomic E-state index is -0.280. The highest BCUT2D eigenvalue weighted by molar-refractivity contribution is 5.92. The standard InChI is InChI=1S/C21H24N6O2/c1-26-8-10-27(11-9-26)17-6-4-16(5-7-17)25-20-13-19(23-15-24-20)21(28)22-14-18-3-2-12-29-18/h2-7,12-13,15H,8-11,14H2,1H3,(H,22,28)(H,23,24,25). The van der Waals surface area contributed by atoms with Gasteiger partial charge in [-0.05, 0) is 43.4 Å². The molecule has 0 radical (unpaired) electrons. The molecule has 8 heteroatoms. The maximum Gasteiger partial charge on any atom is 0.270 e. The average Bonchev–Trinajstić information content (AvgIpc) is 3.27. The van der Waals surface area contributed by atoms with Gasteiger partial charge in [-0.25, -0.2) is 9.97 Å². The minimum Gasteiger partial charge on any atom is -0.467 e. The summed E-state index contributed by atoms with van der Waals surface area (Å²) in [6, 6.07) is 13.5. The zero-order valence-corrected chi connectivity index (χ0v) is 16.3. The molecule has 2 N–H and O–H groups in total. The molecule has 0 atom stereocenters. The lowest BCUT2D eigenvalue weighted by atomic mass is 10.2. The van der Waals surface area contributed by atoms with Crippen LogP contribution in [0.25, 0.3) is 0 Å². The van der Waals surface area contributed by atoms with Crippen LogP contribution >= 0.6 is 0 Å². The third-order valence-corrected chi connectivity index (χ3v) is 4.91. The molecule has 0 bridgehead atoms. The van der Waals surface area contributed by atoms with Crippen molar-refractivity contribution in [3.05, 3.63) is 66.5 Å². The van der Waals surface area contributed by atoms with Crippen LogP contribution in [0.3, 0.4) is 0 Å². The first kappa shape index (κ1) is 18.9. The number of nitrogens with zero attached hydrogens (tertiary/aromatic N) is 4. The van der Waals surface area contributed by atoms with E-state index in [1.54, 1.807) is 24.5 Å². The maximum atomic E-state index is 12.3. The number of hydrogen-bond donors (Lipinski definition) is 2. The topological polar surface area (TPSA) is 86.5 Å². The highest BCUT2D eigenvalue weighted by atomic mass is 16.3. The third kappa shape index (κ3) is 4.91. The highest BCUT2D eigenvalue weighted by Crippen LogP contribution is 2.21. The summed E-state index contributed by atoms with van der Waals surface area (Å²) >= 11 is 0. The lowest BCUT2D eigenvalue weighted by molar-refractivity contribution is 0.0943. The van der Waals surface area contributed by atoms with Crippen molar-refractivity contribution in [1.29, 1.82) is 0 Å². The lowest BCUT2D eigenvalue weighted by Gasteiger charge is -2.34. The van der Waals surface area contributed by atoms with Crippen LogP contribution in [0.2, 0.25) is 0 Å². The molecule has 150 valence electrons. The largest absolute Gasteiger partial charge is 0.467 e. The van der Waals surface area contributed by atoms with Crippen LogP contribution in [0.5, 0.6) is 0 Å². The van der Waals surface area contributed by atoms with E-state index in [9.17, 15) is 4.79 Å². The molecular weight excluding hydrogens is 368 g/mol. The quantitative estimate of drug-likeness (QED) is 0.666. The second kappa shape index (κ2) is 8.74. The van der Waals surface area contributed by atoms with E-state index in [2.05, 4.69) is 49.6 Å². The van der Waals surface area contributed by atoms with Gasteiger partial charge in [0.1, 0.15) is 23.6 Å². The summed E-state index contributed by atoms with van der Waals surface area (Å²) < 4.78 is 5.22. The molecule has 1 aliphatic heterocycles. The highest BCUT2D eigenvalue weighted by Gasteiger charge is 2.14. The van der Waals surface area contributed by atoms with Crippen molar-refractivity contribution in [2.45, 2.75) is 6.54 Å². The molecular formula is C21H24N6O2. The molecule has 1 amide bonds. The molecule has 1 saturated heterocycles. The van der Waals surface area contributed by atoms with Crippen LogP contribution in [0, 0.1) is 0 Å². The first-order valence-corrected chi connectivity index (χ1v) is 9.60. The van der Waals surface area contributed by atoms with Crippen LogP contribution in [0.1, 0.15) is 16.2 Å². The molecule has 0 saturated carbocycles. The summed E-state index contributed by atoms with van der Waals surface area (Å²) in [5, 5.41) is 6.01. The molecule has 1 fully saturated rings. The van der Waals surface area contributed by atoms with Crippen LogP contribution in [-0.2, 0) is 6.54 Å². The van der Waals surface area contributed by atoms with E-state index in [1.165, 1.54) is 12.0 Å². The van der Waals surface area contributed by atoms with Crippen molar-refractivity contribution in [2.24, 2.45) is 0 Å². The Bertz CT molecular complexity index is 934. The second-order valence-corrected chi connectivity index (χ2v) is 7.01. The van der Waals surface area contributed by atoms with Gasteiger partial charge in [0.2, 0.25) is 0 Å². The predicted molar refractivity (Wildman–Crippen MR) is 111 cm³/mol. The van der Waals surface area contributed by atoms with Gasteiger partial charge >= 0.3 is 0 Å². The molecule has 8 nitrogen and oxygen atoms in total. The number of rotatable bonds is 6. The van der Waals surface area contributed by atoms with Gasteiger partial charge in [-0.15, -0.1) is 0 Å². The second-order valence-electron chi connectivity index (χ2n) is 7.01. The van der Waals surface area contributed by atoms with Crippen LogP contribution in [0.15, 0.2) is 59.5 Å². The van der Waals surface area contributed by atoms with Crippen molar-refractivity contribution in [1.82, 2.24) is 20.2 Å². The van der Waals surface area contributed by atoms with Gasteiger partial charge in [-0.3, -0.25) is 4.79 Å². The van der Waals surface area contributed by atoms with Crippen molar-refractivity contribution in [3.63, 3.8) is 0 Å². The van der Waals surface area contributed by atoms with E-state index < -0.39 is 0 Å². The Morgan fingerprint density at radius 1 is 1.10 bits per heavy atom. The summed E-state index contributed by atoms with van der Waals surface area (Å²) in [6.45, 7) is 4.53. The van der Waals surface area contributed by atoms with Crippen LogP contribution in [-0.4, -0.2) is 54.0 Å². The number of likely N-dealkylation sites (N-methyl/N-ethyl adjacent to an activating group) is 1. The first-order valence-electron chi connectivity index (χ1n) is 9.60.